The molecule has 4 saturated carbocycles. The van der Waals surface area contributed by atoms with Crippen LogP contribution in [0.1, 0.15) is 32.1 Å². The topological polar surface area (TPSA) is 46.5 Å². The molecule has 4 fully saturated rings. The third-order valence-electron chi connectivity index (χ3n) is 5.06. The van der Waals surface area contributed by atoms with Gasteiger partial charge in [0.1, 0.15) is 11.2 Å². The first kappa shape index (κ1) is 13.9. The molecule has 4 aliphatic rings. The second kappa shape index (κ2) is 4.23. The Morgan fingerprint density at radius 1 is 1.20 bits per heavy atom. The third-order valence-corrected chi connectivity index (χ3v) is 5.06. The Balaban J connectivity index is 1.75. The van der Waals surface area contributed by atoms with Gasteiger partial charge in [-0.05, 0) is 49.9 Å². The van der Waals surface area contributed by atoms with E-state index >= 15 is 0 Å². The van der Waals surface area contributed by atoms with Gasteiger partial charge in [0.2, 0.25) is 0 Å². The number of rotatable bonds is 2. The highest BCUT2D eigenvalue weighted by Gasteiger charge is 2.57. The lowest BCUT2D eigenvalue weighted by atomic mass is 9.53. The second-order valence-corrected chi connectivity index (χ2v) is 6.51. The van der Waals surface area contributed by atoms with E-state index in [1.165, 1.54) is 0 Å². The molecule has 20 heavy (non-hydrogen) atoms. The Morgan fingerprint density at radius 2 is 1.75 bits per heavy atom. The third kappa shape index (κ3) is 2.14. The van der Waals surface area contributed by atoms with E-state index in [0.717, 1.165) is 12.8 Å². The Kier molecular flexibility index (Phi) is 2.94. The smallest absolute Gasteiger partial charge is 0.422 e. The molecule has 1 N–H and O–H groups in total. The zero-order valence-corrected chi connectivity index (χ0v) is 10.9. The highest BCUT2D eigenvalue weighted by atomic mass is 19.4. The number of aliphatic hydroxyl groups is 1. The highest BCUT2D eigenvalue weighted by Crippen LogP contribution is 2.57. The van der Waals surface area contributed by atoms with E-state index in [1.54, 1.807) is 0 Å². The summed E-state index contributed by atoms with van der Waals surface area (Å²) in [6.45, 7) is 2.79. The van der Waals surface area contributed by atoms with E-state index in [4.69, 9.17) is 4.74 Å². The van der Waals surface area contributed by atoms with Crippen LogP contribution in [-0.2, 0) is 9.53 Å². The number of hydrogen-bond donors (Lipinski definition) is 1. The monoisotopic (exact) mass is 290 g/mol. The molecule has 0 amide bonds. The first-order chi connectivity index (χ1) is 9.20. The first-order valence-corrected chi connectivity index (χ1v) is 6.88. The van der Waals surface area contributed by atoms with Gasteiger partial charge in [-0.15, -0.1) is 0 Å². The van der Waals surface area contributed by atoms with Gasteiger partial charge in [0, 0.05) is 0 Å². The average Bonchev–Trinajstić information content (AvgIpc) is 2.32. The van der Waals surface area contributed by atoms with Gasteiger partial charge in [-0.3, -0.25) is 0 Å². The van der Waals surface area contributed by atoms with Crippen molar-refractivity contribution >= 4 is 5.97 Å². The summed E-state index contributed by atoms with van der Waals surface area (Å²) in [5, 5.41) is 10.1. The minimum atomic E-state index is -4.75. The fourth-order valence-corrected chi connectivity index (χ4v) is 4.42. The molecule has 2 atom stereocenters. The molecule has 0 spiro atoms. The van der Waals surface area contributed by atoms with Crippen LogP contribution in [0.4, 0.5) is 13.2 Å². The Hall–Kier alpha value is -1.04. The van der Waals surface area contributed by atoms with Crippen LogP contribution in [0.25, 0.3) is 0 Å². The number of carbonyl (C=O) groups excluding carboxylic acids is 1. The molecule has 4 bridgehead atoms. The minimum Gasteiger partial charge on any atom is -0.455 e. The normalized spacial score (nSPS) is 42.6. The van der Waals surface area contributed by atoms with Crippen molar-refractivity contribution in [2.24, 2.45) is 17.8 Å². The number of aliphatic hydroxyl groups excluding tert-OH is 1. The molecule has 112 valence electrons. The minimum absolute atomic E-state index is 0.0493. The van der Waals surface area contributed by atoms with Gasteiger partial charge in [-0.2, -0.15) is 13.2 Å². The largest absolute Gasteiger partial charge is 0.455 e. The summed E-state index contributed by atoms with van der Waals surface area (Å²) in [6.07, 6.45) is -1.82. The number of carbonyl (C=O) groups is 1. The van der Waals surface area contributed by atoms with Crippen LogP contribution in [0.2, 0.25) is 0 Å². The molecule has 0 aromatic rings. The van der Waals surface area contributed by atoms with Crippen molar-refractivity contribution in [3.63, 3.8) is 0 Å². The number of esters is 1. The van der Waals surface area contributed by atoms with E-state index in [0.29, 0.717) is 25.2 Å². The van der Waals surface area contributed by atoms with Crippen LogP contribution in [0.5, 0.6) is 0 Å². The summed E-state index contributed by atoms with van der Waals surface area (Å²) < 4.78 is 42.7. The van der Waals surface area contributed by atoms with E-state index in [-0.39, 0.29) is 11.8 Å². The SMILES string of the molecule is C=C(C(=O)OC12CC3CC(C1)C(O)C(C3)C2)C(F)(F)F. The molecule has 6 heteroatoms. The van der Waals surface area contributed by atoms with Crippen LogP contribution >= 0.6 is 0 Å². The van der Waals surface area contributed by atoms with Crippen molar-refractivity contribution in [1.82, 2.24) is 0 Å². The predicted octanol–water partition coefficient (Wildman–Crippen LogP) is 2.59. The number of hydrogen-bond acceptors (Lipinski definition) is 3. The standard InChI is InChI=1S/C14H17F3O3/c1-7(14(15,16)17)12(19)20-13-4-8-2-9(5-13)11(18)10(3-8)6-13/h8-11,18H,1-6H2. The zero-order chi connectivity index (χ0) is 14.7. The van der Waals surface area contributed by atoms with Gasteiger partial charge in [0.25, 0.3) is 0 Å². The zero-order valence-electron chi connectivity index (χ0n) is 10.9. The van der Waals surface area contributed by atoms with Gasteiger partial charge in [0.15, 0.2) is 0 Å². The van der Waals surface area contributed by atoms with Crippen molar-refractivity contribution in [3.05, 3.63) is 12.2 Å². The number of ether oxygens (including phenoxy) is 1. The van der Waals surface area contributed by atoms with Crippen molar-refractivity contribution < 1.29 is 27.8 Å². The molecule has 2 unspecified atom stereocenters. The lowest BCUT2D eigenvalue weighted by Crippen LogP contribution is -2.58. The molecular formula is C14H17F3O3. The quantitative estimate of drug-likeness (QED) is 0.628. The summed E-state index contributed by atoms with van der Waals surface area (Å²) >= 11 is 0. The maximum atomic E-state index is 12.5. The number of alkyl halides is 3. The molecule has 0 aromatic heterocycles. The predicted molar refractivity (Wildman–Crippen MR) is 63.6 cm³/mol. The Morgan fingerprint density at radius 3 is 2.25 bits per heavy atom. The second-order valence-electron chi connectivity index (χ2n) is 6.51. The van der Waals surface area contributed by atoms with Crippen LogP contribution in [0.3, 0.4) is 0 Å². The van der Waals surface area contributed by atoms with E-state index < -0.39 is 29.4 Å². The van der Waals surface area contributed by atoms with E-state index in [9.17, 15) is 23.1 Å². The van der Waals surface area contributed by atoms with Crippen LogP contribution < -0.4 is 0 Å². The Labute approximate surface area is 114 Å². The molecule has 0 heterocycles. The fourth-order valence-electron chi connectivity index (χ4n) is 4.42. The lowest BCUT2D eigenvalue weighted by Gasteiger charge is -2.57. The molecule has 0 saturated heterocycles. The van der Waals surface area contributed by atoms with Crippen molar-refractivity contribution in [2.75, 3.05) is 0 Å². The maximum absolute atomic E-state index is 12.5. The summed E-state index contributed by atoms with van der Waals surface area (Å²) in [7, 11) is 0. The lowest BCUT2D eigenvalue weighted by molar-refractivity contribution is -0.207. The summed E-state index contributed by atoms with van der Waals surface area (Å²) in [5.74, 6) is -0.918. The van der Waals surface area contributed by atoms with Gasteiger partial charge in [-0.1, -0.05) is 6.58 Å². The van der Waals surface area contributed by atoms with Crippen LogP contribution in [-0.4, -0.2) is 29.0 Å². The van der Waals surface area contributed by atoms with Crippen LogP contribution in [0, 0.1) is 17.8 Å². The van der Waals surface area contributed by atoms with E-state index in [2.05, 4.69) is 6.58 Å². The first-order valence-electron chi connectivity index (χ1n) is 6.88. The molecule has 3 nitrogen and oxygen atoms in total. The van der Waals surface area contributed by atoms with Crippen LogP contribution in [0.15, 0.2) is 12.2 Å². The molecular weight excluding hydrogens is 273 g/mol. The van der Waals surface area contributed by atoms with Crippen molar-refractivity contribution in [3.8, 4) is 0 Å². The van der Waals surface area contributed by atoms with Crippen molar-refractivity contribution in [1.29, 1.82) is 0 Å². The molecule has 0 radical (unpaired) electrons. The molecule has 0 aromatic carbocycles. The Bertz CT molecular complexity index is 441. The van der Waals surface area contributed by atoms with Crippen molar-refractivity contribution in [2.45, 2.75) is 50.0 Å². The van der Waals surface area contributed by atoms with E-state index in [1.807, 2.05) is 0 Å². The van der Waals surface area contributed by atoms with Gasteiger partial charge in [-0.25, -0.2) is 4.79 Å². The molecule has 4 aliphatic carbocycles. The summed E-state index contributed by atoms with van der Waals surface area (Å²) in [4.78, 5) is 11.7. The molecule has 0 aliphatic heterocycles. The average molecular weight is 290 g/mol. The molecule has 4 rings (SSSR count). The summed E-state index contributed by atoms with van der Waals surface area (Å²) in [5.41, 5.74) is -2.27. The van der Waals surface area contributed by atoms with Gasteiger partial charge >= 0.3 is 12.1 Å². The summed E-state index contributed by atoms with van der Waals surface area (Å²) in [6, 6.07) is 0. The number of halogens is 3. The van der Waals surface area contributed by atoms with Gasteiger partial charge < -0.3 is 9.84 Å². The fraction of sp³-hybridized carbons (Fsp3) is 0.786. The van der Waals surface area contributed by atoms with Gasteiger partial charge in [0.05, 0.1) is 6.10 Å². The maximum Gasteiger partial charge on any atom is 0.422 e. The highest BCUT2D eigenvalue weighted by molar-refractivity contribution is 5.89.